The summed E-state index contributed by atoms with van der Waals surface area (Å²) in [5.74, 6) is 4.26. The van der Waals surface area contributed by atoms with Gasteiger partial charge in [0.2, 0.25) is 5.91 Å². The highest BCUT2D eigenvalue weighted by Crippen LogP contribution is 2.64. The van der Waals surface area contributed by atoms with Gasteiger partial charge in [0.25, 0.3) is 0 Å². The predicted molar refractivity (Wildman–Crippen MR) is 239 cm³/mol. The number of piperidine rings is 2. The number of hydrogen-bond acceptors (Lipinski definition) is 12. The van der Waals surface area contributed by atoms with Crippen molar-refractivity contribution in [2.75, 3.05) is 46.7 Å². The van der Waals surface area contributed by atoms with Gasteiger partial charge in [0.05, 0.1) is 14.2 Å². The van der Waals surface area contributed by atoms with Crippen molar-refractivity contribution in [3.8, 4) is 28.7 Å². The van der Waals surface area contributed by atoms with Crippen LogP contribution in [-0.4, -0.2) is 144 Å². The van der Waals surface area contributed by atoms with Gasteiger partial charge in [-0.2, -0.15) is 0 Å². The predicted octanol–water partition coefficient (Wildman–Crippen LogP) is 1.67. The number of aliphatic hydroxyl groups excluding tert-OH is 2. The highest BCUT2D eigenvalue weighted by atomic mass is 31.2. The van der Waals surface area contributed by atoms with Crippen LogP contribution in [0.15, 0.2) is 72.8 Å². The molecule has 1 amide bonds. The van der Waals surface area contributed by atoms with Crippen molar-refractivity contribution in [3.05, 3.63) is 95.1 Å². The van der Waals surface area contributed by atoms with Crippen molar-refractivity contribution in [2.24, 2.45) is 11.8 Å². The molecule has 2 saturated heterocycles. The first-order valence-corrected chi connectivity index (χ1v) is 24.1. The van der Waals surface area contributed by atoms with Crippen LogP contribution >= 0.6 is 15.6 Å². The molecule has 0 saturated carbocycles. The van der Waals surface area contributed by atoms with E-state index in [9.17, 15) is 15.0 Å². The molecular weight excluding hydrogens is 904 g/mol. The van der Waals surface area contributed by atoms with E-state index in [-0.39, 0.29) is 40.2 Å². The van der Waals surface area contributed by atoms with Gasteiger partial charge in [0.1, 0.15) is 30.2 Å². The van der Waals surface area contributed by atoms with Crippen molar-refractivity contribution < 1.29 is 83.0 Å². The van der Waals surface area contributed by atoms with Crippen molar-refractivity contribution in [3.63, 3.8) is 0 Å². The summed E-state index contributed by atoms with van der Waals surface area (Å²) in [5, 5.41) is 32.6. The van der Waals surface area contributed by atoms with E-state index >= 15 is 0 Å². The van der Waals surface area contributed by atoms with Crippen LogP contribution < -0.4 is 24.3 Å². The first-order valence-electron chi connectivity index (χ1n) is 21.0. The number of anilines is 1. The zero-order valence-electron chi connectivity index (χ0n) is 37.0. The molecule has 4 aliphatic heterocycles. The van der Waals surface area contributed by atoms with Gasteiger partial charge in [-0.25, -0.2) is 9.13 Å². The summed E-state index contributed by atoms with van der Waals surface area (Å²) in [6.45, 7) is 3.54. The number of hydrogen-bond donors (Lipinski definition) is 10. The highest BCUT2D eigenvalue weighted by Gasteiger charge is 2.65. The molecule has 66 heavy (non-hydrogen) atoms. The van der Waals surface area contributed by atoms with Crippen LogP contribution in [0.5, 0.6) is 28.7 Å². The number of nitrogens with zero attached hydrogens (tertiary/aromatic N) is 2. The Morgan fingerprint density at radius 1 is 0.682 bits per heavy atom. The number of benzene rings is 3. The van der Waals surface area contributed by atoms with Crippen molar-refractivity contribution in [2.45, 2.75) is 79.9 Å². The maximum Gasteiger partial charge on any atom is 0.466 e. The number of phenols is 1. The van der Waals surface area contributed by atoms with Gasteiger partial charge in [0, 0.05) is 58.5 Å². The smallest absolute Gasteiger partial charge is 0.466 e. The number of aromatic hydroxyl groups is 1. The molecular formula is C44H59N3O17P2. The molecule has 4 heterocycles. The number of phosphoric acid groups is 2. The zero-order valence-corrected chi connectivity index (χ0v) is 38.8. The third-order valence-corrected chi connectivity index (χ3v) is 13.9. The van der Waals surface area contributed by atoms with Gasteiger partial charge in [-0.3, -0.25) is 4.79 Å². The Hall–Kier alpha value is -4.37. The van der Waals surface area contributed by atoms with Crippen LogP contribution in [-0.2, 0) is 37.6 Å². The maximum absolute atomic E-state index is 10.6. The number of amides is 1. The number of ether oxygens (including phenoxy) is 4. The third-order valence-electron chi connectivity index (χ3n) is 13.9. The lowest BCUT2D eigenvalue weighted by Crippen LogP contribution is -2.64. The SMILES string of the molecule is CC(=O)Nc1ccc(O)cc1.COc1ccc2c3c1O[C@H]1[C@@H](O)C=C[C@H]4[C@@H](C2)N(C)CC[C@@]341.COc1ccc2c3c1O[C@H]1[C@@H](O)C=C[C@H]4[C@@H](C2)N(C)CC[C@@]341.O.O=P(O)(O)O.O=P(O)(O)O. The fourth-order valence-corrected chi connectivity index (χ4v) is 11.5. The number of rotatable bonds is 3. The van der Waals surface area contributed by atoms with Gasteiger partial charge >= 0.3 is 15.6 Å². The molecule has 22 heteroatoms. The second-order valence-corrected chi connectivity index (χ2v) is 19.5. The first kappa shape index (κ1) is 51.0. The lowest BCUT2D eigenvalue weighted by Gasteiger charge is -2.56. The summed E-state index contributed by atoms with van der Waals surface area (Å²) in [6, 6.07) is 15.7. The molecule has 20 nitrogen and oxygen atoms in total. The first-order chi connectivity index (χ1) is 30.5. The molecule has 362 valence electrons. The number of methoxy groups -OCH3 is 2. The number of carbonyl (C=O) groups is 1. The lowest BCUT2D eigenvalue weighted by molar-refractivity contribution is -0.114. The Kier molecular flexibility index (Phi) is 14.9. The summed E-state index contributed by atoms with van der Waals surface area (Å²) in [4.78, 5) is 58.6. The van der Waals surface area contributed by atoms with Gasteiger partial charge in [-0.15, -0.1) is 0 Å². The Balaban J connectivity index is 0.000000153. The van der Waals surface area contributed by atoms with E-state index in [2.05, 4.69) is 53.5 Å². The second kappa shape index (κ2) is 19.3. The van der Waals surface area contributed by atoms with E-state index in [4.69, 9.17) is 62.5 Å². The lowest BCUT2D eigenvalue weighted by atomic mass is 9.53. The molecule has 10 atom stereocenters. The molecule has 3 aromatic rings. The Labute approximate surface area is 381 Å². The summed E-state index contributed by atoms with van der Waals surface area (Å²) in [5.41, 5.74) is 5.90. The number of phenolic OH excluding ortho intramolecular Hbond substituents is 1. The largest absolute Gasteiger partial charge is 0.508 e. The summed E-state index contributed by atoms with van der Waals surface area (Å²) < 4.78 is 41.4. The van der Waals surface area contributed by atoms with Crippen molar-refractivity contribution in [1.29, 1.82) is 0 Å². The third kappa shape index (κ3) is 9.67. The monoisotopic (exact) mass is 963 g/mol. The average molecular weight is 964 g/mol. The standard InChI is InChI=1S/2C18H21NO3.C8H9NO2.2H3O4P.H2O/c2*1-19-8-7-18-11-4-5-13(20)17(18)22-16-14(21-2)6-3-10(15(16)18)9-12(11)19;1-6(10)9-7-2-4-8(11)5-3-7;2*1-5(2,3)4;/h2*3-6,11-13,17,20H,7-9H2,1-2H3;2-5,11H,1H3,(H,9,10);2*(H3,1,2,3,4);1H2/t2*11-,12+,13-,17-,18-;;;;/m00..../s1. The Bertz CT molecular complexity index is 2270. The van der Waals surface area contributed by atoms with E-state index in [1.165, 1.54) is 41.3 Å². The van der Waals surface area contributed by atoms with Gasteiger partial charge in [-0.1, -0.05) is 36.4 Å². The number of likely N-dealkylation sites (tertiary alicyclic amines) is 2. The molecule has 11 rings (SSSR count). The zero-order chi connectivity index (χ0) is 47.4. The topological polar surface area (TPSA) is 320 Å². The average Bonchev–Trinajstić information content (AvgIpc) is 3.77. The minimum atomic E-state index is -4.64. The van der Waals surface area contributed by atoms with Gasteiger partial charge in [0.15, 0.2) is 23.0 Å². The van der Waals surface area contributed by atoms with E-state index < -0.39 is 27.9 Å². The Morgan fingerprint density at radius 3 is 1.41 bits per heavy atom. The highest BCUT2D eigenvalue weighted by molar-refractivity contribution is 7.45. The number of likely N-dealkylation sites (N-methyl/N-ethyl adjacent to an activating group) is 2. The van der Waals surface area contributed by atoms with Crippen LogP contribution in [0, 0.1) is 11.8 Å². The second-order valence-electron chi connectivity index (χ2n) is 17.5. The molecule has 8 aliphatic rings. The van der Waals surface area contributed by atoms with Crippen LogP contribution in [0.2, 0.25) is 0 Å². The Morgan fingerprint density at radius 2 is 1.06 bits per heavy atom. The molecule has 0 aromatic heterocycles. The summed E-state index contributed by atoms with van der Waals surface area (Å²) in [6.07, 6.45) is 11.1. The number of aliphatic hydroxyl groups is 2. The van der Waals surface area contributed by atoms with Crippen LogP contribution in [0.25, 0.3) is 0 Å². The normalized spacial score (nSPS) is 30.7. The molecule has 3 aromatic carbocycles. The van der Waals surface area contributed by atoms with Gasteiger partial charge < -0.3 is 84.2 Å². The van der Waals surface area contributed by atoms with E-state index in [1.807, 2.05) is 24.3 Å². The van der Waals surface area contributed by atoms with Gasteiger partial charge in [-0.05, 0) is 100 Å². The van der Waals surface area contributed by atoms with E-state index in [0.29, 0.717) is 29.6 Å². The molecule has 4 bridgehead atoms. The fourth-order valence-electron chi connectivity index (χ4n) is 11.5. The quantitative estimate of drug-likeness (QED) is 0.101. The minimum Gasteiger partial charge on any atom is -0.508 e. The van der Waals surface area contributed by atoms with E-state index in [0.717, 1.165) is 61.8 Å². The molecule has 0 unspecified atom stereocenters. The van der Waals surface area contributed by atoms with Crippen LogP contribution in [0.4, 0.5) is 5.69 Å². The number of nitrogens with one attached hydrogen (secondary N) is 1. The maximum atomic E-state index is 10.6. The summed E-state index contributed by atoms with van der Waals surface area (Å²) >= 11 is 0. The molecule has 2 fully saturated rings. The molecule has 0 radical (unpaired) electrons. The number of carbonyl (C=O) groups excluding carboxylic acids is 1. The van der Waals surface area contributed by atoms with Crippen LogP contribution in [0.3, 0.4) is 0 Å². The van der Waals surface area contributed by atoms with Crippen LogP contribution in [0.1, 0.15) is 42.0 Å². The summed E-state index contributed by atoms with van der Waals surface area (Å²) in [7, 11) is -1.46. The molecule has 2 spiro atoms. The molecule has 4 aliphatic carbocycles. The minimum absolute atomic E-state index is 0. The fraction of sp³-hybridized carbons (Fsp3) is 0.477. The molecule has 12 N–H and O–H groups in total. The van der Waals surface area contributed by atoms with Crippen molar-refractivity contribution in [1.82, 2.24) is 9.80 Å². The van der Waals surface area contributed by atoms with Crippen molar-refractivity contribution >= 4 is 27.2 Å². The van der Waals surface area contributed by atoms with E-state index in [1.54, 1.807) is 26.4 Å².